The van der Waals surface area contributed by atoms with Crippen molar-refractivity contribution < 1.29 is 22.0 Å². The Bertz CT molecular complexity index is 1240. The second-order valence-corrected chi connectivity index (χ2v) is 9.03. The number of carbonyl (C=O) groups excluding carboxylic acids is 1. The summed E-state index contributed by atoms with van der Waals surface area (Å²) in [6.07, 6.45) is 0. The molecule has 164 valence electrons. The van der Waals surface area contributed by atoms with Crippen LogP contribution in [0.5, 0.6) is 0 Å². The van der Waals surface area contributed by atoms with Gasteiger partial charge in [-0.15, -0.1) is 0 Å². The number of sulfonamides is 1. The van der Waals surface area contributed by atoms with E-state index in [-0.39, 0.29) is 22.3 Å². The van der Waals surface area contributed by atoms with Crippen LogP contribution in [-0.2, 0) is 14.8 Å². The van der Waals surface area contributed by atoms with E-state index in [1.54, 1.807) is 11.6 Å². The average Bonchev–Trinajstić information content (AvgIpc) is 3.00. The number of nitrogens with one attached hydrogen (secondary N) is 2. The molecule has 3 aromatic rings. The second kappa shape index (κ2) is 8.64. The molecule has 0 bridgehead atoms. The third kappa shape index (κ3) is 5.20. The van der Waals surface area contributed by atoms with Gasteiger partial charge in [-0.25, -0.2) is 17.2 Å². The first kappa shape index (κ1) is 22.7. The summed E-state index contributed by atoms with van der Waals surface area (Å²) in [4.78, 5) is 12.0. The Morgan fingerprint density at radius 3 is 2.29 bits per heavy atom. The molecule has 7 nitrogen and oxygen atoms in total. The second-order valence-electron chi connectivity index (χ2n) is 6.94. The van der Waals surface area contributed by atoms with Gasteiger partial charge in [0.25, 0.3) is 10.0 Å². The smallest absolute Gasteiger partial charge is 0.262 e. The maximum Gasteiger partial charge on any atom is 0.262 e. The molecule has 2 aromatic carbocycles. The fraction of sp³-hybridized carbons (Fsp3) is 0.200. The Morgan fingerprint density at radius 1 is 1.10 bits per heavy atom. The summed E-state index contributed by atoms with van der Waals surface area (Å²) >= 11 is 6.19. The van der Waals surface area contributed by atoms with E-state index in [0.717, 1.165) is 11.4 Å². The highest BCUT2D eigenvalue weighted by atomic mass is 35.5. The van der Waals surface area contributed by atoms with Gasteiger partial charge in [0.2, 0.25) is 5.91 Å². The molecule has 2 N–H and O–H groups in total. The summed E-state index contributed by atoms with van der Waals surface area (Å²) in [5, 5.41) is 7.03. The van der Waals surface area contributed by atoms with Crippen molar-refractivity contribution in [3.63, 3.8) is 0 Å². The van der Waals surface area contributed by atoms with Crippen molar-refractivity contribution in [3.8, 4) is 0 Å². The number of halogens is 3. The number of hydrogen-bond acceptors (Lipinski definition) is 4. The molecule has 0 aliphatic heterocycles. The van der Waals surface area contributed by atoms with E-state index < -0.39 is 32.6 Å². The number of hydrogen-bond donors (Lipinski definition) is 2. The molecule has 31 heavy (non-hydrogen) atoms. The predicted molar refractivity (Wildman–Crippen MR) is 114 cm³/mol. The summed E-state index contributed by atoms with van der Waals surface area (Å²) in [5.41, 5.74) is 1.92. The van der Waals surface area contributed by atoms with Crippen molar-refractivity contribution in [2.45, 2.75) is 31.7 Å². The van der Waals surface area contributed by atoms with Crippen LogP contribution in [0.1, 0.15) is 24.4 Å². The Balaban J connectivity index is 1.76. The van der Waals surface area contributed by atoms with Gasteiger partial charge in [-0.05, 0) is 57.2 Å². The Kier molecular flexibility index (Phi) is 6.33. The Labute approximate surface area is 183 Å². The number of benzene rings is 2. The zero-order valence-electron chi connectivity index (χ0n) is 16.8. The van der Waals surface area contributed by atoms with E-state index >= 15 is 0 Å². The summed E-state index contributed by atoms with van der Waals surface area (Å²) in [6.45, 7) is 5.34. The number of amides is 1. The number of aromatic nitrogens is 2. The van der Waals surface area contributed by atoms with Gasteiger partial charge in [0.15, 0.2) is 0 Å². The Hall–Kier alpha value is -2.98. The van der Waals surface area contributed by atoms with E-state index in [0.29, 0.717) is 18.2 Å². The molecular formula is C20H19ClF2N4O3S. The molecule has 1 atom stereocenters. The van der Waals surface area contributed by atoms with Gasteiger partial charge in [-0.3, -0.25) is 14.2 Å². The van der Waals surface area contributed by atoms with E-state index in [9.17, 15) is 22.0 Å². The molecule has 0 spiro atoms. The minimum absolute atomic E-state index is 0.0549. The lowest BCUT2D eigenvalue weighted by atomic mass is 10.2. The molecule has 0 radical (unpaired) electrons. The van der Waals surface area contributed by atoms with Crippen molar-refractivity contribution >= 4 is 38.9 Å². The van der Waals surface area contributed by atoms with Gasteiger partial charge in [-0.1, -0.05) is 11.6 Å². The maximum absolute atomic E-state index is 13.4. The first-order valence-electron chi connectivity index (χ1n) is 9.08. The van der Waals surface area contributed by atoms with Crippen LogP contribution in [0.3, 0.4) is 0 Å². The standard InChI is InChI=1S/C20H19ClF2N4O3S/c1-11-6-12(2)27(25-11)13(3)20(28)24-19-5-4-16(10-18(19)21)26-31(29,30)17-8-14(22)7-15(23)9-17/h4-10,13,26H,1-3H3,(H,24,28)/t13-/m0/s1. The minimum atomic E-state index is -4.25. The molecule has 0 aliphatic carbocycles. The molecular weight excluding hydrogens is 450 g/mol. The van der Waals surface area contributed by atoms with Crippen LogP contribution in [0, 0.1) is 25.5 Å². The highest BCUT2D eigenvalue weighted by Crippen LogP contribution is 2.28. The van der Waals surface area contributed by atoms with Gasteiger partial charge < -0.3 is 5.32 Å². The summed E-state index contributed by atoms with van der Waals surface area (Å²) < 4.78 is 55.3. The van der Waals surface area contributed by atoms with Crippen molar-refractivity contribution in [1.29, 1.82) is 0 Å². The predicted octanol–water partition coefficient (Wildman–Crippen LogP) is 4.43. The first-order valence-corrected chi connectivity index (χ1v) is 10.9. The van der Waals surface area contributed by atoms with E-state index in [1.807, 2.05) is 19.9 Å². The Morgan fingerprint density at radius 2 is 1.74 bits per heavy atom. The fourth-order valence-corrected chi connectivity index (χ4v) is 4.28. The van der Waals surface area contributed by atoms with Crippen molar-refractivity contribution in [1.82, 2.24) is 9.78 Å². The first-order chi connectivity index (χ1) is 14.5. The van der Waals surface area contributed by atoms with Crippen LogP contribution in [0.2, 0.25) is 5.02 Å². The highest BCUT2D eigenvalue weighted by Gasteiger charge is 2.20. The summed E-state index contributed by atoms with van der Waals surface area (Å²) in [6, 6.07) is 7.26. The van der Waals surface area contributed by atoms with E-state index in [2.05, 4.69) is 15.1 Å². The molecule has 0 aliphatic rings. The largest absolute Gasteiger partial charge is 0.323 e. The van der Waals surface area contributed by atoms with Crippen LogP contribution in [-0.4, -0.2) is 24.1 Å². The zero-order chi connectivity index (χ0) is 22.9. The number of aryl methyl sites for hydroxylation is 2. The molecule has 0 fully saturated rings. The van der Waals surface area contributed by atoms with Gasteiger partial charge in [-0.2, -0.15) is 5.10 Å². The van der Waals surface area contributed by atoms with E-state index in [4.69, 9.17) is 11.6 Å². The lowest BCUT2D eigenvalue weighted by molar-refractivity contribution is -0.119. The molecule has 1 aromatic heterocycles. The monoisotopic (exact) mass is 468 g/mol. The van der Waals surface area contributed by atoms with E-state index in [1.165, 1.54) is 18.2 Å². The maximum atomic E-state index is 13.4. The van der Waals surface area contributed by atoms with Gasteiger partial charge >= 0.3 is 0 Å². The van der Waals surface area contributed by atoms with Crippen LogP contribution >= 0.6 is 11.6 Å². The van der Waals surface area contributed by atoms with Crippen molar-refractivity contribution in [2.24, 2.45) is 0 Å². The number of anilines is 2. The molecule has 0 saturated carbocycles. The van der Waals surface area contributed by atoms with Crippen LogP contribution in [0.4, 0.5) is 20.2 Å². The zero-order valence-corrected chi connectivity index (χ0v) is 18.4. The van der Waals surface area contributed by atoms with Crippen molar-refractivity contribution in [3.05, 3.63) is 70.5 Å². The number of rotatable bonds is 6. The molecule has 1 amide bonds. The SMILES string of the molecule is Cc1cc(C)n([C@@H](C)C(=O)Nc2ccc(NS(=O)(=O)c3cc(F)cc(F)c3)cc2Cl)n1. The van der Waals surface area contributed by atoms with Gasteiger partial charge in [0, 0.05) is 11.8 Å². The fourth-order valence-electron chi connectivity index (χ4n) is 2.96. The molecule has 3 rings (SSSR count). The molecule has 11 heteroatoms. The third-order valence-corrected chi connectivity index (χ3v) is 6.09. The topological polar surface area (TPSA) is 93.1 Å². The normalized spacial score (nSPS) is 12.5. The van der Waals surface area contributed by atoms with Crippen LogP contribution < -0.4 is 10.0 Å². The highest BCUT2D eigenvalue weighted by molar-refractivity contribution is 7.92. The molecule has 1 heterocycles. The number of nitrogens with zero attached hydrogens (tertiary/aromatic N) is 2. The summed E-state index contributed by atoms with van der Waals surface area (Å²) in [5.74, 6) is -2.40. The lowest BCUT2D eigenvalue weighted by Gasteiger charge is -2.16. The summed E-state index contributed by atoms with van der Waals surface area (Å²) in [7, 11) is -4.25. The van der Waals surface area contributed by atoms with Crippen LogP contribution in [0.15, 0.2) is 47.4 Å². The number of carbonyl (C=O) groups is 1. The molecule has 0 unspecified atom stereocenters. The van der Waals surface area contributed by atoms with Gasteiger partial charge in [0.05, 0.1) is 27.0 Å². The quantitative estimate of drug-likeness (QED) is 0.559. The average molecular weight is 469 g/mol. The van der Waals surface area contributed by atoms with Crippen molar-refractivity contribution in [2.75, 3.05) is 10.0 Å². The minimum Gasteiger partial charge on any atom is -0.323 e. The van der Waals surface area contributed by atoms with Gasteiger partial charge in [0.1, 0.15) is 17.7 Å². The molecule has 0 saturated heterocycles. The van der Waals surface area contributed by atoms with Crippen LogP contribution in [0.25, 0.3) is 0 Å². The third-order valence-electron chi connectivity index (χ3n) is 4.42. The lowest BCUT2D eigenvalue weighted by Crippen LogP contribution is -2.25.